The molecule has 1 fully saturated rings. The summed E-state index contributed by atoms with van der Waals surface area (Å²) in [5.74, 6) is 0.991. The van der Waals surface area contributed by atoms with E-state index in [0.29, 0.717) is 6.54 Å². The lowest BCUT2D eigenvalue weighted by Crippen LogP contribution is -2.49. The first kappa shape index (κ1) is 12.5. The van der Waals surface area contributed by atoms with Crippen molar-refractivity contribution in [1.29, 1.82) is 0 Å². The van der Waals surface area contributed by atoms with Gasteiger partial charge in [-0.05, 0) is 6.92 Å². The van der Waals surface area contributed by atoms with Crippen LogP contribution >= 0.6 is 0 Å². The van der Waals surface area contributed by atoms with Crippen LogP contribution in [0, 0.1) is 18.3 Å². The lowest BCUT2D eigenvalue weighted by atomic mass is 10.1. The third kappa shape index (κ3) is 2.34. The molecular formula is C11H15NO4. The van der Waals surface area contributed by atoms with Crippen LogP contribution < -0.4 is 0 Å². The van der Waals surface area contributed by atoms with Crippen molar-refractivity contribution in [2.45, 2.75) is 25.5 Å². The van der Waals surface area contributed by atoms with Crippen LogP contribution in [0.3, 0.4) is 0 Å². The number of carbonyl (C=O) groups is 2. The maximum Gasteiger partial charge on any atom is 0.329 e. The first-order valence-electron chi connectivity index (χ1n) is 5.02. The van der Waals surface area contributed by atoms with Gasteiger partial charge in [-0.1, -0.05) is 0 Å². The second-order valence-electron chi connectivity index (χ2n) is 3.84. The summed E-state index contributed by atoms with van der Waals surface area (Å²) < 4.78 is 4.98. The minimum Gasteiger partial charge on any atom is -0.480 e. The van der Waals surface area contributed by atoms with Crippen molar-refractivity contribution in [2.24, 2.45) is 5.92 Å². The van der Waals surface area contributed by atoms with Crippen LogP contribution in [-0.4, -0.2) is 47.7 Å². The van der Waals surface area contributed by atoms with Crippen molar-refractivity contribution in [3.05, 3.63) is 0 Å². The summed E-state index contributed by atoms with van der Waals surface area (Å²) in [7, 11) is 1.42. The van der Waals surface area contributed by atoms with E-state index in [4.69, 9.17) is 16.3 Å². The average Bonchev–Trinajstić information content (AvgIpc) is 2.59. The van der Waals surface area contributed by atoms with Gasteiger partial charge in [0, 0.05) is 26.0 Å². The Labute approximate surface area is 94.4 Å². The highest BCUT2D eigenvalue weighted by Crippen LogP contribution is 2.21. The minimum absolute atomic E-state index is 0.196. The van der Waals surface area contributed by atoms with Crippen molar-refractivity contribution in [3.63, 3.8) is 0 Å². The number of rotatable bonds is 4. The number of methoxy groups -OCH3 is 1. The zero-order chi connectivity index (χ0) is 12.3. The van der Waals surface area contributed by atoms with Gasteiger partial charge in [0.2, 0.25) is 5.91 Å². The summed E-state index contributed by atoms with van der Waals surface area (Å²) in [6.45, 7) is 1.91. The number of nitrogens with zero attached hydrogens (tertiary/aromatic N) is 1. The molecule has 0 aliphatic carbocycles. The summed E-state index contributed by atoms with van der Waals surface area (Å²) in [5, 5.41) is 9.09. The number of amides is 1. The van der Waals surface area contributed by atoms with Crippen LogP contribution in [0.2, 0.25) is 0 Å². The van der Waals surface area contributed by atoms with Crippen molar-refractivity contribution in [3.8, 4) is 12.3 Å². The molecule has 1 aliphatic heterocycles. The maximum absolute atomic E-state index is 11.6. The topological polar surface area (TPSA) is 66.8 Å². The Bertz CT molecular complexity index is 333. The molecule has 0 aromatic rings. The highest BCUT2D eigenvalue weighted by atomic mass is 16.5. The van der Waals surface area contributed by atoms with Crippen molar-refractivity contribution in [2.75, 3.05) is 13.7 Å². The van der Waals surface area contributed by atoms with Crippen LogP contribution in [0.5, 0.6) is 0 Å². The van der Waals surface area contributed by atoms with Crippen molar-refractivity contribution < 1.29 is 19.4 Å². The number of carboxylic acids is 1. The lowest BCUT2D eigenvalue weighted by Gasteiger charge is -2.28. The molecule has 0 spiro atoms. The summed E-state index contributed by atoms with van der Waals surface area (Å²) in [4.78, 5) is 24.0. The van der Waals surface area contributed by atoms with Crippen LogP contribution in [0.4, 0.5) is 0 Å². The molecule has 1 rings (SSSR count). The second kappa shape index (κ2) is 4.99. The predicted molar refractivity (Wildman–Crippen MR) is 56.5 cm³/mol. The zero-order valence-electron chi connectivity index (χ0n) is 9.34. The van der Waals surface area contributed by atoms with E-state index in [9.17, 15) is 9.59 Å². The first-order valence-corrected chi connectivity index (χ1v) is 5.02. The molecule has 0 radical (unpaired) electrons. The molecule has 88 valence electrons. The quantitative estimate of drug-likeness (QED) is 0.681. The number of ether oxygens (including phenoxy) is 1. The maximum atomic E-state index is 11.6. The Hall–Kier alpha value is -1.54. The Morgan fingerprint density at radius 2 is 2.38 bits per heavy atom. The van der Waals surface area contributed by atoms with Gasteiger partial charge in [-0.2, -0.15) is 0 Å². The van der Waals surface area contributed by atoms with Gasteiger partial charge in [-0.3, -0.25) is 4.79 Å². The molecule has 16 heavy (non-hydrogen) atoms. The van der Waals surface area contributed by atoms with E-state index in [0.717, 1.165) is 0 Å². The van der Waals surface area contributed by atoms with E-state index in [2.05, 4.69) is 5.92 Å². The summed E-state index contributed by atoms with van der Waals surface area (Å²) in [6, 6.07) is -0.962. The van der Waals surface area contributed by atoms with Gasteiger partial charge in [-0.15, -0.1) is 12.3 Å². The van der Waals surface area contributed by atoms with Crippen LogP contribution in [0.1, 0.15) is 13.3 Å². The van der Waals surface area contributed by atoms with Gasteiger partial charge in [0.25, 0.3) is 0 Å². The average molecular weight is 225 g/mol. The van der Waals surface area contributed by atoms with Crippen LogP contribution in [0.15, 0.2) is 0 Å². The number of terminal acetylenes is 1. The molecule has 1 N–H and O–H groups in total. The zero-order valence-corrected chi connectivity index (χ0v) is 9.34. The molecule has 1 saturated heterocycles. The Morgan fingerprint density at radius 3 is 2.75 bits per heavy atom. The molecule has 5 nitrogen and oxygen atoms in total. The van der Waals surface area contributed by atoms with E-state index < -0.39 is 18.1 Å². The fraction of sp³-hybridized carbons (Fsp3) is 0.636. The Morgan fingerprint density at radius 1 is 1.75 bits per heavy atom. The van der Waals surface area contributed by atoms with Crippen LogP contribution in [0.25, 0.3) is 0 Å². The van der Waals surface area contributed by atoms with E-state index in [1.165, 1.54) is 12.0 Å². The van der Waals surface area contributed by atoms with Gasteiger partial charge < -0.3 is 14.7 Å². The molecule has 1 amide bonds. The van der Waals surface area contributed by atoms with Gasteiger partial charge in [-0.25, -0.2) is 4.79 Å². The lowest BCUT2D eigenvalue weighted by molar-refractivity contribution is -0.153. The molecule has 3 atom stereocenters. The number of hydrogen-bond donors (Lipinski definition) is 1. The molecule has 0 aromatic heterocycles. The monoisotopic (exact) mass is 225 g/mol. The SMILES string of the molecule is C#CC1CC(=O)N([C@H](C(=O)O)[C@@H](C)OC)C1. The third-order valence-corrected chi connectivity index (χ3v) is 2.80. The Balaban J connectivity index is 2.85. The van der Waals surface area contributed by atoms with Crippen molar-refractivity contribution in [1.82, 2.24) is 4.90 Å². The number of hydrogen-bond acceptors (Lipinski definition) is 3. The van der Waals surface area contributed by atoms with Crippen LogP contribution in [-0.2, 0) is 14.3 Å². The van der Waals surface area contributed by atoms with E-state index in [1.54, 1.807) is 6.92 Å². The molecule has 0 saturated carbocycles. The van der Waals surface area contributed by atoms with Crippen molar-refractivity contribution >= 4 is 11.9 Å². The molecule has 0 aromatic carbocycles. The van der Waals surface area contributed by atoms with E-state index in [-0.39, 0.29) is 18.2 Å². The van der Waals surface area contributed by atoms with Gasteiger partial charge in [0.15, 0.2) is 6.04 Å². The standard InChI is InChI=1S/C11H15NO4/c1-4-8-5-9(13)12(6-8)10(11(14)15)7(2)16-3/h1,7-8,10H,5-6H2,2-3H3,(H,14,15)/t7-,8?,10+/m1/s1. The third-order valence-electron chi connectivity index (χ3n) is 2.80. The second-order valence-corrected chi connectivity index (χ2v) is 3.84. The fourth-order valence-electron chi connectivity index (χ4n) is 1.83. The minimum atomic E-state index is -1.07. The molecule has 0 bridgehead atoms. The summed E-state index contributed by atoms with van der Waals surface area (Å²) >= 11 is 0. The van der Waals surface area contributed by atoms with E-state index >= 15 is 0 Å². The molecule has 5 heteroatoms. The smallest absolute Gasteiger partial charge is 0.329 e. The normalized spacial score (nSPS) is 23.9. The molecule has 1 aliphatic rings. The molecule has 1 unspecified atom stereocenters. The Kier molecular flexibility index (Phi) is 3.91. The highest BCUT2D eigenvalue weighted by molar-refractivity contribution is 5.86. The number of likely N-dealkylation sites (tertiary alicyclic amines) is 1. The van der Waals surface area contributed by atoms with E-state index in [1.807, 2.05) is 0 Å². The van der Waals surface area contributed by atoms with Gasteiger partial charge >= 0.3 is 5.97 Å². The number of carboxylic acid groups (broad SMARTS) is 1. The predicted octanol–water partition coefficient (Wildman–Crippen LogP) is -0.0438. The number of aliphatic carboxylic acids is 1. The summed E-state index contributed by atoms with van der Waals surface area (Å²) in [6.07, 6.45) is 4.90. The largest absolute Gasteiger partial charge is 0.480 e. The fourth-order valence-corrected chi connectivity index (χ4v) is 1.83. The molecule has 1 heterocycles. The summed E-state index contributed by atoms with van der Waals surface area (Å²) in [5.41, 5.74) is 0. The number of carbonyl (C=O) groups excluding carboxylic acids is 1. The highest BCUT2D eigenvalue weighted by Gasteiger charge is 2.40. The van der Waals surface area contributed by atoms with Gasteiger partial charge in [0.05, 0.1) is 6.10 Å². The van der Waals surface area contributed by atoms with Gasteiger partial charge in [0.1, 0.15) is 0 Å². The first-order chi connectivity index (χ1) is 7.51. The molecular weight excluding hydrogens is 210 g/mol.